The molecule has 114 valence electrons. The first-order chi connectivity index (χ1) is 9.72. The number of rotatable bonds is 6. The Kier molecular flexibility index (Phi) is 4.58. The van der Waals surface area contributed by atoms with E-state index in [2.05, 4.69) is 15.1 Å². The normalized spacial score (nSPS) is 27.8. The van der Waals surface area contributed by atoms with E-state index in [0.717, 1.165) is 38.8 Å². The van der Waals surface area contributed by atoms with Crippen molar-refractivity contribution in [2.45, 2.75) is 56.7 Å². The highest BCUT2D eigenvalue weighted by molar-refractivity contribution is 5.80. The van der Waals surface area contributed by atoms with Crippen molar-refractivity contribution >= 4 is 5.91 Å². The summed E-state index contributed by atoms with van der Waals surface area (Å²) < 4.78 is 0. The second-order valence-electron chi connectivity index (χ2n) is 6.67. The van der Waals surface area contributed by atoms with Gasteiger partial charge in [0.1, 0.15) is 0 Å². The summed E-state index contributed by atoms with van der Waals surface area (Å²) in [7, 11) is 0. The van der Waals surface area contributed by atoms with Gasteiger partial charge < -0.3 is 11.1 Å². The van der Waals surface area contributed by atoms with Crippen molar-refractivity contribution in [3.05, 3.63) is 0 Å². The standard InChI is InChI=1S/C15H28N4O/c16-15(20)14(17-12-5-6-12)11-18-7-9-19(10-8-18)13-3-1-2-4-13/h12-14,17H,1-11H2,(H2,16,20). The minimum atomic E-state index is -0.199. The predicted octanol–water partition coefficient (Wildman–Crippen LogP) is 0.153. The Hall–Kier alpha value is -0.650. The van der Waals surface area contributed by atoms with E-state index in [-0.39, 0.29) is 11.9 Å². The van der Waals surface area contributed by atoms with Crippen LogP contribution in [-0.2, 0) is 4.79 Å². The van der Waals surface area contributed by atoms with Gasteiger partial charge in [0.2, 0.25) is 5.91 Å². The number of carbonyl (C=O) groups is 1. The minimum Gasteiger partial charge on any atom is -0.368 e. The molecule has 1 amide bonds. The van der Waals surface area contributed by atoms with E-state index in [1.54, 1.807) is 0 Å². The molecular formula is C15H28N4O. The summed E-state index contributed by atoms with van der Waals surface area (Å²) in [6, 6.07) is 1.20. The molecule has 0 aromatic carbocycles. The van der Waals surface area contributed by atoms with Crippen LogP contribution < -0.4 is 11.1 Å². The molecule has 2 aliphatic carbocycles. The van der Waals surface area contributed by atoms with Crippen LogP contribution in [0, 0.1) is 0 Å². The fraction of sp³-hybridized carbons (Fsp3) is 0.933. The molecule has 5 nitrogen and oxygen atoms in total. The molecule has 0 spiro atoms. The highest BCUT2D eigenvalue weighted by atomic mass is 16.1. The Bertz CT molecular complexity index is 331. The van der Waals surface area contributed by atoms with Gasteiger partial charge in [0, 0.05) is 44.8 Å². The van der Waals surface area contributed by atoms with Crippen molar-refractivity contribution in [2.75, 3.05) is 32.7 Å². The van der Waals surface area contributed by atoms with Crippen LogP contribution >= 0.6 is 0 Å². The minimum absolute atomic E-state index is 0.166. The lowest BCUT2D eigenvalue weighted by atomic mass is 10.1. The maximum atomic E-state index is 11.5. The monoisotopic (exact) mass is 280 g/mol. The fourth-order valence-corrected chi connectivity index (χ4v) is 3.60. The maximum absolute atomic E-state index is 11.5. The molecule has 0 aromatic heterocycles. The van der Waals surface area contributed by atoms with Crippen LogP contribution in [-0.4, -0.2) is 66.6 Å². The molecular weight excluding hydrogens is 252 g/mol. The van der Waals surface area contributed by atoms with Gasteiger partial charge in [0.05, 0.1) is 6.04 Å². The third-order valence-electron chi connectivity index (χ3n) is 5.05. The van der Waals surface area contributed by atoms with Gasteiger partial charge >= 0.3 is 0 Å². The van der Waals surface area contributed by atoms with Crippen LogP contribution in [0.15, 0.2) is 0 Å². The maximum Gasteiger partial charge on any atom is 0.235 e. The summed E-state index contributed by atoms with van der Waals surface area (Å²) in [5, 5.41) is 3.37. The number of amides is 1. The number of hydrogen-bond donors (Lipinski definition) is 2. The molecule has 1 unspecified atom stereocenters. The summed E-state index contributed by atoms with van der Waals surface area (Å²) in [6.07, 6.45) is 7.96. The van der Waals surface area contributed by atoms with E-state index in [9.17, 15) is 4.79 Å². The highest BCUT2D eigenvalue weighted by Crippen LogP contribution is 2.24. The zero-order chi connectivity index (χ0) is 13.9. The molecule has 0 bridgehead atoms. The average molecular weight is 280 g/mol. The van der Waals surface area contributed by atoms with E-state index in [0.29, 0.717) is 6.04 Å². The zero-order valence-electron chi connectivity index (χ0n) is 12.4. The first kappa shape index (κ1) is 14.3. The quantitative estimate of drug-likeness (QED) is 0.727. The van der Waals surface area contributed by atoms with Gasteiger partial charge in [-0.15, -0.1) is 0 Å². The molecule has 3 aliphatic rings. The van der Waals surface area contributed by atoms with Crippen molar-refractivity contribution in [1.29, 1.82) is 0 Å². The van der Waals surface area contributed by atoms with Gasteiger partial charge in [-0.1, -0.05) is 12.8 Å². The van der Waals surface area contributed by atoms with Crippen LogP contribution in [0.2, 0.25) is 0 Å². The zero-order valence-corrected chi connectivity index (χ0v) is 12.4. The lowest BCUT2D eigenvalue weighted by molar-refractivity contribution is -0.120. The van der Waals surface area contributed by atoms with E-state index in [4.69, 9.17) is 5.73 Å². The molecule has 20 heavy (non-hydrogen) atoms. The molecule has 1 aliphatic heterocycles. The molecule has 1 atom stereocenters. The molecule has 0 aromatic rings. The van der Waals surface area contributed by atoms with E-state index in [1.165, 1.54) is 38.5 Å². The molecule has 2 saturated carbocycles. The Labute approximate surface area is 121 Å². The second kappa shape index (κ2) is 6.41. The molecule has 1 heterocycles. The lowest BCUT2D eigenvalue weighted by Crippen LogP contribution is -2.55. The van der Waals surface area contributed by atoms with Gasteiger partial charge in [0.15, 0.2) is 0 Å². The number of carbonyl (C=O) groups excluding carboxylic acids is 1. The third kappa shape index (κ3) is 3.71. The first-order valence-electron chi connectivity index (χ1n) is 8.24. The third-order valence-corrected chi connectivity index (χ3v) is 5.05. The Morgan fingerprint density at radius 2 is 1.75 bits per heavy atom. The molecule has 0 radical (unpaired) electrons. The summed E-state index contributed by atoms with van der Waals surface area (Å²) in [5.74, 6) is -0.199. The smallest absolute Gasteiger partial charge is 0.235 e. The summed E-state index contributed by atoms with van der Waals surface area (Å²) in [6.45, 7) is 5.24. The molecule has 3 N–H and O–H groups in total. The Balaban J connectivity index is 1.43. The molecule has 3 rings (SSSR count). The van der Waals surface area contributed by atoms with Crippen LogP contribution in [0.1, 0.15) is 38.5 Å². The number of nitrogens with two attached hydrogens (primary N) is 1. The number of hydrogen-bond acceptors (Lipinski definition) is 4. The largest absolute Gasteiger partial charge is 0.368 e. The Morgan fingerprint density at radius 3 is 2.30 bits per heavy atom. The van der Waals surface area contributed by atoms with Crippen LogP contribution in [0.25, 0.3) is 0 Å². The summed E-state index contributed by atoms with van der Waals surface area (Å²) in [4.78, 5) is 16.6. The summed E-state index contributed by atoms with van der Waals surface area (Å²) in [5.41, 5.74) is 5.52. The van der Waals surface area contributed by atoms with E-state index >= 15 is 0 Å². The van der Waals surface area contributed by atoms with Crippen molar-refractivity contribution in [1.82, 2.24) is 15.1 Å². The molecule has 1 saturated heterocycles. The fourth-order valence-electron chi connectivity index (χ4n) is 3.60. The SMILES string of the molecule is NC(=O)C(CN1CCN(C2CCCC2)CC1)NC1CC1. The van der Waals surface area contributed by atoms with E-state index < -0.39 is 0 Å². The highest BCUT2D eigenvalue weighted by Gasteiger charge is 2.31. The number of primary amides is 1. The van der Waals surface area contributed by atoms with Gasteiger partial charge in [-0.05, 0) is 25.7 Å². The van der Waals surface area contributed by atoms with Gasteiger partial charge in [-0.3, -0.25) is 14.6 Å². The lowest BCUT2D eigenvalue weighted by Gasteiger charge is -2.39. The number of nitrogens with one attached hydrogen (secondary N) is 1. The Morgan fingerprint density at radius 1 is 1.10 bits per heavy atom. The van der Waals surface area contributed by atoms with Crippen LogP contribution in [0.5, 0.6) is 0 Å². The van der Waals surface area contributed by atoms with Crippen molar-refractivity contribution in [3.63, 3.8) is 0 Å². The molecule has 5 heteroatoms. The topological polar surface area (TPSA) is 61.6 Å². The van der Waals surface area contributed by atoms with E-state index in [1.807, 2.05) is 0 Å². The number of piperazine rings is 1. The second-order valence-corrected chi connectivity index (χ2v) is 6.67. The average Bonchev–Trinajstić information content (AvgIpc) is 3.09. The predicted molar refractivity (Wildman–Crippen MR) is 79.4 cm³/mol. The first-order valence-corrected chi connectivity index (χ1v) is 8.24. The summed E-state index contributed by atoms with van der Waals surface area (Å²) >= 11 is 0. The van der Waals surface area contributed by atoms with Gasteiger partial charge in [0.25, 0.3) is 0 Å². The van der Waals surface area contributed by atoms with Gasteiger partial charge in [-0.2, -0.15) is 0 Å². The van der Waals surface area contributed by atoms with Gasteiger partial charge in [-0.25, -0.2) is 0 Å². The van der Waals surface area contributed by atoms with Crippen molar-refractivity contribution < 1.29 is 4.79 Å². The van der Waals surface area contributed by atoms with Crippen molar-refractivity contribution in [2.24, 2.45) is 5.73 Å². The number of nitrogens with zero attached hydrogens (tertiary/aromatic N) is 2. The van der Waals surface area contributed by atoms with Crippen LogP contribution in [0.3, 0.4) is 0 Å². The molecule has 3 fully saturated rings. The van der Waals surface area contributed by atoms with Crippen molar-refractivity contribution in [3.8, 4) is 0 Å². The van der Waals surface area contributed by atoms with Crippen LogP contribution in [0.4, 0.5) is 0 Å².